The first-order chi connectivity index (χ1) is 8.65. The molecular formula is C12H15O3PS2. The molecule has 0 fully saturated rings. The fraction of sp³-hybridized carbons (Fsp3) is 0.333. The molecule has 1 rings (SSSR count). The number of ether oxygens (including phenoxy) is 1. The quantitative estimate of drug-likeness (QED) is 0.567. The van der Waals surface area contributed by atoms with E-state index in [-0.39, 0.29) is 11.5 Å². The normalized spacial score (nSPS) is 11.8. The Morgan fingerprint density at radius 3 is 2.61 bits per heavy atom. The number of Topliss-reactive ketones (excluding diaryl/α,β-unsaturated/α-hetero) is 1. The Kier molecular flexibility index (Phi) is 7.25. The van der Waals surface area contributed by atoms with E-state index in [1.54, 1.807) is 19.1 Å². The summed E-state index contributed by atoms with van der Waals surface area (Å²) in [6, 6.07) is 9.12. The van der Waals surface area contributed by atoms with Gasteiger partial charge in [-0.05, 0) is 6.92 Å². The summed E-state index contributed by atoms with van der Waals surface area (Å²) in [6.45, 7) is 2.11. The lowest BCUT2D eigenvalue weighted by molar-refractivity contribution is 0.0989. The van der Waals surface area contributed by atoms with Gasteiger partial charge in [-0.2, -0.15) is 0 Å². The molecule has 6 heteroatoms. The zero-order valence-corrected chi connectivity index (χ0v) is 12.7. The molecule has 1 aromatic rings. The molecule has 0 amide bonds. The van der Waals surface area contributed by atoms with Crippen molar-refractivity contribution >= 4 is 40.6 Å². The molecule has 3 nitrogen and oxygen atoms in total. The first-order valence-electron chi connectivity index (χ1n) is 5.57. The second-order valence-electron chi connectivity index (χ2n) is 3.40. The summed E-state index contributed by atoms with van der Waals surface area (Å²) in [4.78, 5) is 23.1. The van der Waals surface area contributed by atoms with Gasteiger partial charge < -0.3 is 4.74 Å². The van der Waals surface area contributed by atoms with Crippen LogP contribution in [0, 0.1) is 0 Å². The highest BCUT2D eigenvalue weighted by Crippen LogP contribution is 2.40. The summed E-state index contributed by atoms with van der Waals surface area (Å²) in [5.41, 5.74) is 0.405. The van der Waals surface area contributed by atoms with Gasteiger partial charge in [0.1, 0.15) is 5.90 Å². The molecular weight excluding hydrogens is 287 g/mol. The van der Waals surface area contributed by atoms with Crippen LogP contribution in [0.15, 0.2) is 30.3 Å². The molecule has 0 N–H and O–H groups in total. The Morgan fingerprint density at radius 2 is 2.00 bits per heavy atom. The van der Waals surface area contributed by atoms with Crippen LogP contribution in [0.3, 0.4) is 0 Å². The monoisotopic (exact) mass is 302 g/mol. The molecule has 0 aromatic heterocycles. The van der Waals surface area contributed by atoms with Crippen LogP contribution in [-0.2, 0) is 16.5 Å². The van der Waals surface area contributed by atoms with Crippen LogP contribution in [0.4, 0.5) is 4.79 Å². The first-order valence-corrected chi connectivity index (χ1v) is 9.91. The number of hydrogen-bond acceptors (Lipinski definition) is 5. The predicted molar refractivity (Wildman–Crippen MR) is 80.5 cm³/mol. The van der Waals surface area contributed by atoms with Gasteiger partial charge >= 0.3 is 5.71 Å². The molecule has 0 spiro atoms. The second-order valence-corrected chi connectivity index (χ2v) is 9.17. The number of rotatable bonds is 7. The van der Waals surface area contributed by atoms with Gasteiger partial charge in [-0.1, -0.05) is 42.1 Å². The minimum atomic E-state index is -1.62. The lowest BCUT2D eigenvalue weighted by Crippen LogP contribution is -2.00. The van der Waals surface area contributed by atoms with Crippen molar-refractivity contribution in [2.45, 2.75) is 13.3 Å². The topological polar surface area (TPSA) is 43.4 Å². The Morgan fingerprint density at radius 1 is 1.33 bits per heavy atom. The van der Waals surface area contributed by atoms with Crippen molar-refractivity contribution < 1.29 is 14.3 Å². The van der Waals surface area contributed by atoms with E-state index in [4.69, 9.17) is 16.5 Å². The van der Waals surface area contributed by atoms with Crippen molar-refractivity contribution in [3.05, 3.63) is 35.9 Å². The summed E-state index contributed by atoms with van der Waals surface area (Å²) in [5.74, 6) is -0.966. The molecule has 1 unspecified atom stereocenters. The van der Waals surface area contributed by atoms with Crippen molar-refractivity contribution in [1.82, 2.24) is 0 Å². The minimum absolute atomic E-state index is 0.0803. The average molecular weight is 302 g/mol. The molecule has 0 aliphatic heterocycles. The van der Waals surface area contributed by atoms with Crippen LogP contribution in [0.5, 0.6) is 0 Å². The standard InChI is InChI=1S/C12H15O3PS2/c1-2-15-12(14)16(17)18-9-8-11(13)10-6-4-3-5-7-10/h3-7,16H,2,8-9H2,1H3. The van der Waals surface area contributed by atoms with E-state index in [2.05, 4.69) is 0 Å². The van der Waals surface area contributed by atoms with Crippen molar-refractivity contribution in [3.63, 3.8) is 0 Å². The summed E-state index contributed by atoms with van der Waals surface area (Å²) in [5, 5.41) is 0. The lowest BCUT2D eigenvalue weighted by Gasteiger charge is -2.04. The molecule has 98 valence electrons. The molecule has 0 saturated carbocycles. The zero-order chi connectivity index (χ0) is 13.4. The van der Waals surface area contributed by atoms with Gasteiger partial charge in [-0.3, -0.25) is 4.79 Å². The van der Waals surface area contributed by atoms with Gasteiger partial charge in [0, 0.05) is 17.7 Å². The number of carbonyl (C=O) groups excluding carboxylic acids is 2. The minimum Gasteiger partial charge on any atom is -0.462 e. The molecule has 1 atom stereocenters. The van der Waals surface area contributed by atoms with Gasteiger partial charge in [0.2, 0.25) is 0 Å². The smallest absolute Gasteiger partial charge is 0.342 e. The van der Waals surface area contributed by atoms with Crippen LogP contribution in [0.1, 0.15) is 23.7 Å². The summed E-state index contributed by atoms with van der Waals surface area (Å²) in [6.07, 6.45) is 0.402. The van der Waals surface area contributed by atoms with E-state index in [1.165, 1.54) is 11.4 Å². The SMILES string of the molecule is CCOC(=O)[PH](=S)SCCC(=O)c1ccccc1. The molecule has 0 aliphatic rings. The third kappa shape index (κ3) is 5.34. The Balaban J connectivity index is 2.32. The maximum atomic E-state index is 11.8. The van der Waals surface area contributed by atoms with Gasteiger partial charge in [0.25, 0.3) is 0 Å². The third-order valence-electron chi connectivity index (χ3n) is 2.10. The lowest BCUT2D eigenvalue weighted by atomic mass is 10.1. The van der Waals surface area contributed by atoms with Crippen LogP contribution < -0.4 is 0 Å². The van der Waals surface area contributed by atoms with E-state index < -0.39 is 5.90 Å². The largest absolute Gasteiger partial charge is 0.462 e. The van der Waals surface area contributed by atoms with Crippen molar-refractivity contribution in [1.29, 1.82) is 0 Å². The highest BCUT2D eigenvalue weighted by atomic mass is 32.9. The molecule has 0 heterocycles. The first kappa shape index (κ1) is 15.4. The van der Waals surface area contributed by atoms with Crippen molar-refractivity contribution in [3.8, 4) is 0 Å². The Bertz CT molecular complexity index is 434. The maximum absolute atomic E-state index is 11.8. The molecule has 0 aliphatic carbocycles. The van der Waals surface area contributed by atoms with Crippen LogP contribution in [0.2, 0.25) is 0 Å². The number of hydrogen-bond donors (Lipinski definition) is 0. The number of carbonyl (C=O) groups is 2. The summed E-state index contributed by atoms with van der Waals surface area (Å²) < 4.78 is 4.84. The van der Waals surface area contributed by atoms with Gasteiger partial charge in [0.15, 0.2) is 5.78 Å². The van der Waals surface area contributed by atoms with E-state index in [9.17, 15) is 9.59 Å². The van der Waals surface area contributed by atoms with Crippen LogP contribution in [-0.4, -0.2) is 23.9 Å². The molecule has 0 saturated heterocycles. The summed E-state index contributed by atoms with van der Waals surface area (Å²) >= 11 is 6.44. The Hall–Kier alpha value is -0.640. The van der Waals surface area contributed by atoms with E-state index in [0.29, 0.717) is 24.3 Å². The van der Waals surface area contributed by atoms with E-state index in [1.807, 2.05) is 18.2 Å². The van der Waals surface area contributed by atoms with Crippen molar-refractivity contribution in [2.75, 3.05) is 12.4 Å². The number of ketones is 1. The average Bonchev–Trinajstić information content (AvgIpc) is 2.39. The van der Waals surface area contributed by atoms with E-state index in [0.717, 1.165) is 0 Å². The molecule has 0 bridgehead atoms. The van der Waals surface area contributed by atoms with Crippen LogP contribution in [0.25, 0.3) is 0 Å². The second kappa shape index (κ2) is 8.46. The molecule has 1 aromatic carbocycles. The van der Waals surface area contributed by atoms with Gasteiger partial charge in [0.05, 0.1) is 6.61 Å². The fourth-order valence-electron chi connectivity index (χ4n) is 1.25. The van der Waals surface area contributed by atoms with Gasteiger partial charge in [-0.25, -0.2) is 4.79 Å². The summed E-state index contributed by atoms with van der Waals surface area (Å²) in [7, 11) is 0. The van der Waals surface area contributed by atoms with Gasteiger partial charge in [-0.15, -0.1) is 11.4 Å². The van der Waals surface area contributed by atoms with Crippen molar-refractivity contribution in [2.24, 2.45) is 0 Å². The van der Waals surface area contributed by atoms with Crippen LogP contribution >= 0.6 is 17.3 Å². The maximum Gasteiger partial charge on any atom is 0.342 e. The third-order valence-corrected chi connectivity index (χ3v) is 6.71. The Labute approximate surface area is 116 Å². The highest BCUT2D eigenvalue weighted by Gasteiger charge is 2.10. The molecule has 0 radical (unpaired) electrons. The zero-order valence-electron chi connectivity index (χ0n) is 10.0. The fourth-order valence-corrected chi connectivity index (χ4v) is 4.43. The van der Waals surface area contributed by atoms with E-state index >= 15 is 0 Å². The molecule has 18 heavy (non-hydrogen) atoms. The highest BCUT2D eigenvalue weighted by molar-refractivity contribution is 8.68. The predicted octanol–water partition coefficient (Wildman–Crippen LogP) is 3.74. The number of benzene rings is 1.